The van der Waals surface area contributed by atoms with E-state index in [0.29, 0.717) is 31.2 Å². The van der Waals surface area contributed by atoms with Gasteiger partial charge in [0.25, 0.3) is 0 Å². The average Bonchev–Trinajstić information content (AvgIpc) is 3.49. The number of rotatable bonds is 6. The van der Waals surface area contributed by atoms with Gasteiger partial charge in [-0.05, 0) is 75.1 Å². The lowest BCUT2D eigenvalue weighted by atomic mass is 9.78. The number of fused-ring (bicyclic) bond motifs is 1. The fraction of sp³-hybridized carbons (Fsp3) is 0.500. The number of hydrogen-bond acceptors (Lipinski definition) is 4. The second-order valence-corrected chi connectivity index (χ2v) is 8.68. The van der Waals surface area contributed by atoms with Gasteiger partial charge in [-0.2, -0.15) is 0 Å². The summed E-state index contributed by atoms with van der Waals surface area (Å²) in [4.78, 5) is 0. The Hall–Kier alpha value is -2.47. The van der Waals surface area contributed by atoms with Gasteiger partial charge in [0.15, 0.2) is 5.65 Å². The van der Waals surface area contributed by atoms with E-state index in [4.69, 9.17) is 13.6 Å². The molecule has 2 saturated carbocycles. The summed E-state index contributed by atoms with van der Waals surface area (Å²) in [7, 11) is -2.55. The molecule has 158 valence electrons. The van der Waals surface area contributed by atoms with Crippen molar-refractivity contribution in [1.29, 1.82) is 0 Å². The number of aromatic nitrogens is 3. The van der Waals surface area contributed by atoms with Crippen LogP contribution in [0.5, 0.6) is 5.75 Å². The second kappa shape index (κ2) is 7.65. The zero-order chi connectivity index (χ0) is 23.2. The lowest BCUT2D eigenvalue weighted by Gasteiger charge is -2.39. The van der Waals surface area contributed by atoms with Crippen LogP contribution in [0.4, 0.5) is 4.39 Å². The molecule has 2 heterocycles. The topological polar surface area (TPSA) is 48.7 Å². The van der Waals surface area contributed by atoms with E-state index < -0.39 is 12.6 Å². The average molecular weight is 413 g/mol. The van der Waals surface area contributed by atoms with Crippen molar-refractivity contribution in [1.82, 2.24) is 14.6 Å². The number of methoxy groups -OCH3 is 1. The molecule has 2 fully saturated rings. The number of pyridine rings is 1. The molecule has 0 aliphatic heterocycles. The third kappa shape index (κ3) is 3.58. The van der Waals surface area contributed by atoms with Crippen LogP contribution in [0.25, 0.3) is 5.65 Å². The van der Waals surface area contributed by atoms with Crippen molar-refractivity contribution in [3.63, 3.8) is 0 Å². The molecule has 0 bridgehead atoms. The van der Waals surface area contributed by atoms with E-state index in [2.05, 4.69) is 10.2 Å². The van der Waals surface area contributed by atoms with Gasteiger partial charge < -0.3 is 9.47 Å². The van der Waals surface area contributed by atoms with Gasteiger partial charge in [0.05, 0.1) is 15.8 Å². The van der Waals surface area contributed by atoms with Crippen molar-refractivity contribution >= 4 is 5.65 Å². The molecule has 0 N–H and O–H groups in total. The summed E-state index contributed by atoms with van der Waals surface area (Å²) < 4.78 is 50.4. The zero-order valence-electron chi connectivity index (χ0n) is 20.1. The Morgan fingerprint density at radius 2 is 1.90 bits per heavy atom. The van der Waals surface area contributed by atoms with Crippen LogP contribution in [0.15, 0.2) is 36.5 Å². The number of benzene rings is 1. The summed E-state index contributed by atoms with van der Waals surface area (Å²) in [5.41, 5.74) is 1.46. The van der Waals surface area contributed by atoms with Gasteiger partial charge >= 0.3 is 0 Å². The molecule has 30 heavy (non-hydrogen) atoms. The first-order valence-corrected chi connectivity index (χ1v) is 10.7. The molecule has 6 heteroatoms. The zero-order valence-corrected chi connectivity index (χ0v) is 17.1. The molecule has 2 aliphatic rings. The third-order valence-corrected chi connectivity index (χ3v) is 6.61. The predicted molar refractivity (Wildman–Crippen MR) is 112 cm³/mol. The summed E-state index contributed by atoms with van der Waals surface area (Å²) in [5.74, 6) is 2.13. The van der Waals surface area contributed by atoms with Gasteiger partial charge in [0.2, 0.25) is 0 Å². The standard InChI is InChI=1S/C24H28FN3O2/c1-16-21(11-14-28-22(15-17-3-4-17)26-27-23(16)28)30-20-9-12-24(29-2,13-10-20)18-5-7-19(25)8-6-18/h5-8,11,14,17,20H,3-4,9-10,12-13,15H2,1-2H3/i2D3. The quantitative estimate of drug-likeness (QED) is 0.572. The van der Waals surface area contributed by atoms with Crippen molar-refractivity contribution in [3.05, 3.63) is 59.3 Å². The Labute approximate surface area is 180 Å². The molecule has 3 aromatic rings. The highest BCUT2D eigenvalue weighted by atomic mass is 19.1. The molecular formula is C24H28FN3O2. The molecule has 5 rings (SSSR count). The van der Waals surface area contributed by atoms with Gasteiger partial charge in [-0.1, -0.05) is 12.1 Å². The highest BCUT2D eigenvalue weighted by molar-refractivity contribution is 5.54. The number of halogens is 1. The van der Waals surface area contributed by atoms with E-state index in [9.17, 15) is 4.39 Å². The van der Waals surface area contributed by atoms with Crippen LogP contribution in [0.2, 0.25) is 0 Å². The maximum atomic E-state index is 13.5. The van der Waals surface area contributed by atoms with Crippen LogP contribution in [0.3, 0.4) is 0 Å². The second-order valence-electron chi connectivity index (χ2n) is 8.68. The summed E-state index contributed by atoms with van der Waals surface area (Å²) >= 11 is 0. The Morgan fingerprint density at radius 3 is 2.60 bits per heavy atom. The number of aryl methyl sites for hydroxylation is 1. The molecule has 0 spiro atoms. The van der Waals surface area contributed by atoms with E-state index in [1.54, 1.807) is 12.1 Å². The fourth-order valence-corrected chi connectivity index (χ4v) is 4.52. The van der Waals surface area contributed by atoms with Gasteiger partial charge in [-0.25, -0.2) is 4.39 Å². The predicted octanol–water partition coefficient (Wildman–Crippen LogP) is 4.99. The van der Waals surface area contributed by atoms with Crippen molar-refractivity contribution in [2.45, 2.75) is 63.6 Å². The Morgan fingerprint density at radius 1 is 1.13 bits per heavy atom. The molecule has 2 aromatic heterocycles. The van der Waals surface area contributed by atoms with Crippen molar-refractivity contribution < 1.29 is 18.0 Å². The van der Waals surface area contributed by atoms with Crippen LogP contribution >= 0.6 is 0 Å². The first-order valence-electron chi connectivity index (χ1n) is 12.2. The van der Waals surface area contributed by atoms with Crippen molar-refractivity contribution in [3.8, 4) is 5.75 Å². The van der Waals surface area contributed by atoms with E-state index in [1.165, 1.54) is 25.0 Å². The molecule has 0 atom stereocenters. The van der Waals surface area contributed by atoms with Gasteiger partial charge in [-0.3, -0.25) is 4.40 Å². The number of ether oxygens (including phenoxy) is 2. The molecule has 0 unspecified atom stereocenters. The smallest absolute Gasteiger partial charge is 0.167 e. The minimum atomic E-state index is -2.55. The van der Waals surface area contributed by atoms with Crippen molar-refractivity contribution in [2.75, 3.05) is 7.04 Å². The summed E-state index contributed by atoms with van der Waals surface area (Å²) in [6.07, 6.45) is 7.57. The molecule has 5 nitrogen and oxygen atoms in total. The van der Waals surface area contributed by atoms with Gasteiger partial charge in [-0.15, -0.1) is 10.2 Å². The lowest BCUT2D eigenvalue weighted by molar-refractivity contribution is -0.0650. The molecular weight excluding hydrogens is 381 g/mol. The van der Waals surface area contributed by atoms with E-state index in [-0.39, 0.29) is 11.9 Å². The first-order chi connectivity index (χ1) is 15.7. The van der Waals surface area contributed by atoms with Gasteiger partial charge in [0.1, 0.15) is 17.4 Å². The van der Waals surface area contributed by atoms with E-state index in [1.807, 2.05) is 23.6 Å². The number of hydrogen-bond donors (Lipinski definition) is 0. The Bertz CT molecular complexity index is 1130. The van der Waals surface area contributed by atoms with E-state index >= 15 is 0 Å². The molecule has 0 radical (unpaired) electrons. The maximum Gasteiger partial charge on any atom is 0.167 e. The number of nitrogens with zero attached hydrogens (tertiary/aromatic N) is 3. The highest BCUT2D eigenvalue weighted by Gasteiger charge is 2.38. The van der Waals surface area contributed by atoms with Crippen LogP contribution in [0, 0.1) is 18.7 Å². The Kier molecular flexibility index (Phi) is 4.15. The highest BCUT2D eigenvalue weighted by Crippen LogP contribution is 2.41. The molecule has 0 amide bonds. The lowest BCUT2D eigenvalue weighted by Crippen LogP contribution is -2.37. The monoisotopic (exact) mass is 412 g/mol. The fourth-order valence-electron chi connectivity index (χ4n) is 4.52. The SMILES string of the molecule is [2H]C([2H])([2H])OC1(c2ccc(F)cc2)CCC(Oc2ccn3c(CC4CC4)nnc3c2C)CC1. The normalized spacial score (nSPS) is 26.2. The van der Waals surface area contributed by atoms with Crippen LogP contribution < -0.4 is 4.74 Å². The minimum absolute atomic E-state index is 0.0752. The van der Waals surface area contributed by atoms with Crippen LogP contribution in [0.1, 0.15) is 59.6 Å². The minimum Gasteiger partial charge on any atom is -0.490 e. The van der Waals surface area contributed by atoms with Crippen molar-refractivity contribution in [2.24, 2.45) is 5.92 Å². The van der Waals surface area contributed by atoms with Gasteiger partial charge in [0, 0.05) is 25.2 Å². The summed E-state index contributed by atoms with van der Waals surface area (Å²) in [6, 6.07) is 7.88. The van der Waals surface area contributed by atoms with Crippen LogP contribution in [-0.4, -0.2) is 27.7 Å². The molecule has 1 aromatic carbocycles. The largest absolute Gasteiger partial charge is 0.490 e. The molecule has 0 saturated heterocycles. The molecule has 2 aliphatic carbocycles. The maximum absolute atomic E-state index is 13.5. The summed E-state index contributed by atoms with van der Waals surface area (Å²) in [6.45, 7) is 1.99. The first kappa shape index (κ1) is 16.3. The summed E-state index contributed by atoms with van der Waals surface area (Å²) in [5, 5.41) is 8.76. The van der Waals surface area contributed by atoms with Crippen LogP contribution in [-0.2, 0) is 16.8 Å². The van der Waals surface area contributed by atoms with E-state index in [0.717, 1.165) is 35.1 Å². The third-order valence-electron chi connectivity index (χ3n) is 6.61. The Balaban J connectivity index is 1.32.